The Kier molecular flexibility index (Phi) is 10.5. The molecule has 0 unspecified atom stereocenters. The van der Waals surface area contributed by atoms with Crippen molar-refractivity contribution in [1.29, 1.82) is 5.26 Å². The standard InChI is InChI=1S/C19H29NO/c20-17-19-14-12-18(13-15-19)11-9-7-5-3-1-2-4-6-8-10-16-21/h12-15,21H,1-11,16H2. The summed E-state index contributed by atoms with van der Waals surface area (Å²) in [6.07, 6.45) is 13.8. The highest BCUT2D eigenvalue weighted by Gasteiger charge is 1.96. The molecule has 2 heteroatoms. The Labute approximate surface area is 129 Å². The highest BCUT2D eigenvalue weighted by atomic mass is 16.2. The molecule has 0 aliphatic heterocycles. The average molecular weight is 287 g/mol. The number of aryl methyl sites for hydroxylation is 1. The lowest BCUT2D eigenvalue weighted by Gasteiger charge is -2.03. The molecular formula is C19H29NO. The maximum absolute atomic E-state index is 8.74. The first-order valence-corrected chi connectivity index (χ1v) is 8.46. The molecule has 2 nitrogen and oxygen atoms in total. The fourth-order valence-electron chi connectivity index (χ4n) is 2.60. The van der Waals surface area contributed by atoms with Crippen LogP contribution in [0.3, 0.4) is 0 Å². The Balaban J connectivity index is 1.89. The summed E-state index contributed by atoms with van der Waals surface area (Å²) in [5, 5.41) is 17.4. The van der Waals surface area contributed by atoms with E-state index in [4.69, 9.17) is 10.4 Å². The minimum Gasteiger partial charge on any atom is -0.396 e. The van der Waals surface area contributed by atoms with Gasteiger partial charge in [-0.2, -0.15) is 5.26 Å². The fourth-order valence-corrected chi connectivity index (χ4v) is 2.60. The van der Waals surface area contributed by atoms with E-state index in [2.05, 4.69) is 18.2 Å². The molecule has 0 radical (unpaired) electrons. The van der Waals surface area contributed by atoms with Crippen molar-refractivity contribution >= 4 is 0 Å². The van der Waals surface area contributed by atoms with Crippen LogP contribution in [0.15, 0.2) is 24.3 Å². The SMILES string of the molecule is N#Cc1ccc(CCCCCCCCCCCCO)cc1. The van der Waals surface area contributed by atoms with Crippen molar-refractivity contribution in [3.8, 4) is 6.07 Å². The zero-order chi connectivity index (χ0) is 15.2. The van der Waals surface area contributed by atoms with E-state index in [1.54, 1.807) is 0 Å². The summed E-state index contributed by atoms with van der Waals surface area (Å²) >= 11 is 0. The van der Waals surface area contributed by atoms with E-state index >= 15 is 0 Å². The molecule has 1 N–H and O–H groups in total. The van der Waals surface area contributed by atoms with Crippen molar-refractivity contribution < 1.29 is 5.11 Å². The first-order valence-electron chi connectivity index (χ1n) is 8.46. The van der Waals surface area contributed by atoms with E-state index in [0.717, 1.165) is 18.4 Å². The number of aliphatic hydroxyl groups is 1. The number of benzene rings is 1. The lowest BCUT2D eigenvalue weighted by Crippen LogP contribution is -1.87. The van der Waals surface area contributed by atoms with Crippen LogP contribution < -0.4 is 0 Å². The minimum atomic E-state index is 0.346. The molecule has 0 atom stereocenters. The number of aliphatic hydroxyl groups excluding tert-OH is 1. The number of rotatable bonds is 12. The summed E-state index contributed by atoms with van der Waals surface area (Å²) in [6.45, 7) is 0.346. The second-order valence-electron chi connectivity index (χ2n) is 5.82. The van der Waals surface area contributed by atoms with Gasteiger partial charge in [0.25, 0.3) is 0 Å². The normalized spacial score (nSPS) is 10.5. The molecule has 0 heterocycles. The summed E-state index contributed by atoms with van der Waals surface area (Å²) in [4.78, 5) is 0. The molecule has 21 heavy (non-hydrogen) atoms. The smallest absolute Gasteiger partial charge is 0.0991 e. The van der Waals surface area contributed by atoms with Crippen molar-refractivity contribution in [2.75, 3.05) is 6.61 Å². The summed E-state index contributed by atoms with van der Waals surface area (Å²) in [5.41, 5.74) is 2.09. The van der Waals surface area contributed by atoms with Gasteiger partial charge in [0.2, 0.25) is 0 Å². The summed E-state index contributed by atoms with van der Waals surface area (Å²) in [7, 11) is 0. The number of nitriles is 1. The van der Waals surface area contributed by atoms with E-state index in [9.17, 15) is 0 Å². The Bertz CT molecular complexity index is 391. The Morgan fingerprint density at radius 2 is 1.19 bits per heavy atom. The van der Waals surface area contributed by atoms with Crippen LogP contribution in [-0.4, -0.2) is 11.7 Å². The molecule has 1 rings (SSSR count). The fraction of sp³-hybridized carbons (Fsp3) is 0.632. The van der Waals surface area contributed by atoms with E-state index < -0.39 is 0 Å². The Hall–Kier alpha value is -1.33. The van der Waals surface area contributed by atoms with Crippen LogP contribution in [0.4, 0.5) is 0 Å². The van der Waals surface area contributed by atoms with Crippen LogP contribution >= 0.6 is 0 Å². The number of nitrogens with zero attached hydrogens (tertiary/aromatic N) is 1. The predicted octanol–water partition coefficient (Wildman–Crippen LogP) is 4.99. The molecule has 0 spiro atoms. The number of hydrogen-bond donors (Lipinski definition) is 1. The van der Waals surface area contributed by atoms with Crippen molar-refractivity contribution in [3.05, 3.63) is 35.4 Å². The van der Waals surface area contributed by atoms with Crippen molar-refractivity contribution in [3.63, 3.8) is 0 Å². The lowest BCUT2D eigenvalue weighted by atomic mass is 10.0. The van der Waals surface area contributed by atoms with Gasteiger partial charge >= 0.3 is 0 Å². The summed E-state index contributed by atoms with van der Waals surface area (Å²) in [5.74, 6) is 0. The van der Waals surface area contributed by atoms with Gasteiger partial charge in [0.15, 0.2) is 0 Å². The second kappa shape index (κ2) is 12.4. The molecule has 0 aliphatic carbocycles. The number of hydrogen-bond acceptors (Lipinski definition) is 2. The highest BCUT2D eigenvalue weighted by Crippen LogP contribution is 2.12. The topological polar surface area (TPSA) is 44.0 Å². The minimum absolute atomic E-state index is 0.346. The quantitative estimate of drug-likeness (QED) is 0.550. The Morgan fingerprint density at radius 1 is 0.714 bits per heavy atom. The molecule has 1 aromatic carbocycles. The molecule has 0 saturated carbocycles. The third kappa shape index (κ3) is 9.26. The van der Waals surface area contributed by atoms with E-state index in [1.165, 1.54) is 63.4 Å². The number of unbranched alkanes of at least 4 members (excludes halogenated alkanes) is 9. The molecule has 0 aliphatic rings. The van der Waals surface area contributed by atoms with Crippen LogP contribution in [0.2, 0.25) is 0 Å². The third-order valence-corrected chi connectivity index (χ3v) is 3.96. The largest absolute Gasteiger partial charge is 0.396 e. The van der Waals surface area contributed by atoms with Gasteiger partial charge in [0, 0.05) is 6.61 Å². The summed E-state index contributed by atoms with van der Waals surface area (Å²) in [6, 6.07) is 10.1. The molecule has 1 aromatic rings. The Morgan fingerprint density at radius 3 is 1.67 bits per heavy atom. The van der Waals surface area contributed by atoms with E-state index in [0.29, 0.717) is 6.61 Å². The lowest BCUT2D eigenvalue weighted by molar-refractivity contribution is 0.282. The van der Waals surface area contributed by atoms with Gasteiger partial charge < -0.3 is 5.11 Å². The predicted molar refractivity (Wildman–Crippen MR) is 88.1 cm³/mol. The van der Waals surface area contributed by atoms with Crippen LogP contribution in [0.1, 0.15) is 75.3 Å². The highest BCUT2D eigenvalue weighted by molar-refractivity contribution is 5.31. The first kappa shape index (κ1) is 17.7. The first-order chi connectivity index (χ1) is 10.4. The van der Waals surface area contributed by atoms with Gasteiger partial charge in [-0.3, -0.25) is 0 Å². The van der Waals surface area contributed by atoms with Crippen LogP contribution in [0.5, 0.6) is 0 Å². The molecule has 0 fully saturated rings. The van der Waals surface area contributed by atoms with Crippen molar-refractivity contribution in [2.24, 2.45) is 0 Å². The molecule has 0 saturated heterocycles. The zero-order valence-corrected chi connectivity index (χ0v) is 13.2. The van der Waals surface area contributed by atoms with Gasteiger partial charge in [-0.25, -0.2) is 0 Å². The van der Waals surface area contributed by atoms with Crippen LogP contribution in [0.25, 0.3) is 0 Å². The van der Waals surface area contributed by atoms with Crippen molar-refractivity contribution in [2.45, 2.75) is 70.6 Å². The van der Waals surface area contributed by atoms with Gasteiger partial charge in [0.05, 0.1) is 11.6 Å². The second-order valence-corrected chi connectivity index (χ2v) is 5.82. The maximum atomic E-state index is 8.74. The third-order valence-electron chi connectivity index (χ3n) is 3.96. The monoisotopic (exact) mass is 287 g/mol. The van der Waals surface area contributed by atoms with Crippen LogP contribution in [-0.2, 0) is 6.42 Å². The average Bonchev–Trinajstić information content (AvgIpc) is 2.53. The molecule has 116 valence electrons. The zero-order valence-electron chi connectivity index (χ0n) is 13.2. The summed E-state index contributed by atoms with van der Waals surface area (Å²) < 4.78 is 0. The molecular weight excluding hydrogens is 258 g/mol. The van der Waals surface area contributed by atoms with Gasteiger partial charge in [-0.05, 0) is 37.0 Å². The molecule has 0 aromatic heterocycles. The van der Waals surface area contributed by atoms with Gasteiger partial charge in [-0.1, -0.05) is 63.5 Å². The van der Waals surface area contributed by atoms with Gasteiger partial charge in [0.1, 0.15) is 0 Å². The maximum Gasteiger partial charge on any atom is 0.0991 e. The molecule has 0 amide bonds. The van der Waals surface area contributed by atoms with Crippen molar-refractivity contribution in [1.82, 2.24) is 0 Å². The van der Waals surface area contributed by atoms with E-state index in [-0.39, 0.29) is 0 Å². The van der Waals surface area contributed by atoms with E-state index in [1.807, 2.05) is 12.1 Å². The molecule has 0 bridgehead atoms. The van der Waals surface area contributed by atoms with Gasteiger partial charge in [-0.15, -0.1) is 0 Å². The van der Waals surface area contributed by atoms with Crippen LogP contribution in [0, 0.1) is 11.3 Å².